The van der Waals surface area contributed by atoms with E-state index in [9.17, 15) is 14.4 Å². The Kier molecular flexibility index (Phi) is 15.6. The number of carboxylic acid groups (broad SMARTS) is 1. The van der Waals surface area contributed by atoms with E-state index in [1.165, 1.54) is 0 Å². The standard InChI is InChI=1S/C21H42N4O3.CH2O2/c1-11(2)15(9)23-20(27)17(13(5)6)25-21(28)18(14(7)8)24-19(26)16(22-10)12(3)4;2-1-3/h11-18,22H,1-10H3,(H,23,27)(H,24,26)(H,25,28);1H,(H,2,3). The van der Waals surface area contributed by atoms with E-state index in [0.29, 0.717) is 5.92 Å². The van der Waals surface area contributed by atoms with Crippen molar-refractivity contribution in [2.24, 2.45) is 23.7 Å². The highest BCUT2D eigenvalue weighted by Gasteiger charge is 2.32. The number of hydrogen-bond acceptors (Lipinski definition) is 5. The zero-order valence-corrected chi connectivity index (χ0v) is 20.8. The Balaban J connectivity index is 0. The first-order chi connectivity index (χ1) is 14.2. The van der Waals surface area contributed by atoms with Gasteiger partial charge in [0.25, 0.3) is 6.47 Å². The quantitative estimate of drug-likeness (QED) is 0.305. The van der Waals surface area contributed by atoms with Crippen LogP contribution in [0.15, 0.2) is 0 Å². The summed E-state index contributed by atoms with van der Waals surface area (Å²) in [6.07, 6.45) is 0. The highest BCUT2D eigenvalue weighted by atomic mass is 16.3. The van der Waals surface area contributed by atoms with Crippen molar-refractivity contribution in [2.75, 3.05) is 7.05 Å². The molecule has 0 spiro atoms. The molecule has 9 heteroatoms. The molecule has 4 unspecified atom stereocenters. The molecule has 3 amide bonds. The minimum Gasteiger partial charge on any atom is -0.483 e. The van der Waals surface area contributed by atoms with Crippen LogP contribution in [0.25, 0.3) is 0 Å². The number of carbonyl (C=O) groups is 4. The molecule has 0 radical (unpaired) electrons. The smallest absolute Gasteiger partial charge is 0.290 e. The third-order valence-corrected chi connectivity index (χ3v) is 5.12. The number of nitrogens with one attached hydrogen (secondary N) is 4. The first kappa shape index (κ1) is 31.0. The van der Waals surface area contributed by atoms with E-state index >= 15 is 0 Å². The third-order valence-electron chi connectivity index (χ3n) is 5.12. The van der Waals surface area contributed by atoms with Gasteiger partial charge in [0.1, 0.15) is 12.1 Å². The number of hydrogen-bond donors (Lipinski definition) is 5. The molecule has 0 aliphatic rings. The molecule has 5 N–H and O–H groups in total. The van der Waals surface area contributed by atoms with Crippen LogP contribution in [0.1, 0.15) is 62.3 Å². The normalized spacial score (nSPS) is 14.9. The lowest BCUT2D eigenvalue weighted by atomic mass is 9.97. The Morgan fingerprint density at radius 1 is 0.613 bits per heavy atom. The van der Waals surface area contributed by atoms with Gasteiger partial charge in [0.2, 0.25) is 17.7 Å². The molecule has 0 saturated carbocycles. The summed E-state index contributed by atoms with van der Waals surface area (Å²) in [6, 6.07) is -1.74. The maximum atomic E-state index is 12.9. The number of likely N-dealkylation sites (N-methyl/N-ethyl adjacent to an activating group) is 1. The second-order valence-corrected chi connectivity index (χ2v) is 9.12. The van der Waals surface area contributed by atoms with Crippen molar-refractivity contribution in [1.29, 1.82) is 0 Å². The molecule has 0 aromatic rings. The molecule has 0 aliphatic heterocycles. The molecule has 0 aromatic carbocycles. The molecular weight excluding hydrogens is 400 g/mol. The maximum Gasteiger partial charge on any atom is 0.290 e. The molecule has 9 nitrogen and oxygen atoms in total. The van der Waals surface area contributed by atoms with E-state index in [2.05, 4.69) is 21.3 Å². The molecule has 0 rings (SSSR count). The van der Waals surface area contributed by atoms with Crippen molar-refractivity contribution in [2.45, 2.75) is 86.5 Å². The van der Waals surface area contributed by atoms with E-state index in [1.54, 1.807) is 7.05 Å². The van der Waals surface area contributed by atoms with Gasteiger partial charge in [-0.2, -0.15) is 0 Å². The average molecular weight is 445 g/mol. The Labute approximate surface area is 187 Å². The largest absolute Gasteiger partial charge is 0.483 e. The van der Waals surface area contributed by atoms with Crippen molar-refractivity contribution < 1.29 is 24.3 Å². The minimum absolute atomic E-state index is 0.00804. The fourth-order valence-corrected chi connectivity index (χ4v) is 2.80. The van der Waals surface area contributed by atoms with E-state index in [1.807, 2.05) is 62.3 Å². The summed E-state index contributed by atoms with van der Waals surface area (Å²) in [5.74, 6) is -0.559. The molecule has 0 saturated heterocycles. The number of amides is 3. The average Bonchev–Trinajstić information content (AvgIpc) is 2.63. The molecule has 0 fully saturated rings. The van der Waals surface area contributed by atoms with Gasteiger partial charge in [0, 0.05) is 6.04 Å². The van der Waals surface area contributed by atoms with E-state index in [4.69, 9.17) is 9.90 Å². The Morgan fingerprint density at radius 3 is 1.16 bits per heavy atom. The third kappa shape index (κ3) is 11.7. The van der Waals surface area contributed by atoms with Crippen molar-refractivity contribution in [1.82, 2.24) is 21.3 Å². The molecule has 0 aliphatic carbocycles. The number of carbonyl (C=O) groups excluding carboxylic acids is 3. The van der Waals surface area contributed by atoms with E-state index in [0.717, 1.165) is 0 Å². The van der Waals surface area contributed by atoms with Crippen molar-refractivity contribution in [3.63, 3.8) is 0 Å². The maximum absolute atomic E-state index is 12.9. The van der Waals surface area contributed by atoms with Gasteiger partial charge in [0.15, 0.2) is 0 Å². The van der Waals surface area contributed by atoms with Gasteiger partial charge in [-0.05, 0) is 37.6 Å². The molecule has 0 bridgehead atoms. The molecule has 31 heavy (non-hydrogen) atoms. The van der Waals surface area contributed by atoms with Gasteiger partial charge < -0.3 is 26.4 Å². The zero-order valence-electron chi connectivity index (χ0n) is 20.8. The Hall–Kier alpha value is -2.16. The topological polar surface area (TPSA) is 137 Å². The van der Waals surface area contributed by atoms with Crippen LogP contribution in [0.3, 0.4) is 0 Å². The second-order valence-electron chi connectivity index (χ2n) is 9.12. The van der Waals surface area contributed by atoms with Crippen LogP contribution in [0.2, 0.25) is 0 Å². The lowest BCUT2D eigenvalue weighted by Crippen LogP contribution is -2.59. The van der Waals surface area contributed by atoms with Crippen LogP contribution in [-0.4, -0.2) is 60.5 Å². The monoisotopic (exact) mass is 444 g/mol. The van der Waals surface area contributed by atoms with Crippen LogP contribution in [-0.2, 0) is 19.2 Å². The summed E-state index contributed by atoms with van der Waals surface area (Å²) in [7, 11) is 1.73. The van der Waals surface area contributed by atoms with Gasteiger partial charge in [0.05, 0.1) is 6.04 Å². The Bertz CT molecular complexity index is 564. The SMILES string of the molecule is CNC(C(=O)NC(C(=O)NC(C(=O)NC(C)C(C)C)C(C)C)C(C)C)C(C)C.O=CO. The first-order valence-corrected chi connectivity index (χ1v) is 10.9. The first-order valence-electron chi connectivity index (χ1n) is 10.9. The van der Waals surface area contributed by atoms with Gasteiger partial charge in [-0.15, -0.1) is 0 Å². The second kappa shape index (κ2) is 15.6. The van der Waals surface area contributed by atoms with Crippen molar-refractivity contribution in [3.05, 3.63) is 0 Å². The van der Waals surface area contributed by atoms with E-state index < -0.39 is 12.1 Å². The Morgan fingerprint density at radius 2 is 0.903 bits per heavy atom. The summed E-state index contributed by atoms with van der Waals surface area (Å²) >= 11 is 0. The fourth-order valence-electron chi connectivity index (χ4n) is 2.80. The highest BCUT2D eigenvalue weighted by molar-refractivity contribution is 5.93. The molecule has 4 atom stereocenters. The molecular formula is C22H44N4O5. The minimum atomic E-state index is -0.710. The summed E-state index contributed by atoms with van der Waals surface area (Å²) in [6.45, 7) is 17.2. The lowest BCUT2D eigenvalue weighted by molar-refractivity contribution is -0.134. The summed E-state index contributed by atoms with van der Waals surface area (Å²) < 4.78 is 0. The number of rotatable bonds is 11. The fraction of sp³-hybridized carbons (Fsp3) is 0.818. The predicted octanol–water partition coefficient (Wildman–Crippen LogP) is 1.37. The van der Waals surface area contributed by atoms with Gasteiger partial charge >= 0.3 is 0 Å². The van der Waals surface area contributed by atoms with Crippen LogP contribution in [0, 0.1) is 23.7 Å². The van der Waals surface area contributed by atoms with Crippen molar-refractivity contribution >= 4 is 24.2 Å². The highest BCUT2D eigenvalue weighted by Crippen LogP contribution is 2.09. The molecule has 0 aromatic heterocycles. The van der Waals surface area contributed by atoms with Crippen molar-refractivity contribution in [3.8, 4) is 0 Å². The molecule has 0 heterocycles. The molecule has 182 valence electrons. The lowest BCUT2D eigenvalue weighted by Gasteiger charge is -2.30. The van der Waals surface area contributed by atoms with E-state index in [-0.39, 0.29) is 54.0 Å². The van der Waals surface area contributed by atoms with Gasteiger partial charge in [-0.1, -0.05) is 55.4 Å². The zero-order chi connectivity index (χ0) is 24.9. The van der Waals surface area contributed by atoms with Gasteiger partial charge in [-0.3, -0.25) is 19.2 Å². The summed E-state index contributed by atoms with van der Waals surface area (Å²) in [5, 5.41) is 18.5. The van der Waals surface area contributed by atoms with Gasteiger partial charge in [-0.25, -0.2) is 0 Å². The summed E-state index contributed by atoms with van der Waals surface area (Å²) in [5.41, 5.74) is 0. The predicted molar refractivity (Wildman–Crippen MR) is 122 cm³/mol. The summed E-state index contributed by atoms with van der Waals surface area (Å²) in [4.78, 5) is 46.5. The van der Waals surface area contributed by atoms with Crippen LogP contribution < -0.4 is 21.3 Å². The van der Waals surface area contributed by atoms with Crippen LogP contribution >= 0.6 is 0 Å². The van der Waals surface area contributed by atoms with Crippen LogP contribution in [0.5, 0.6) is 0 Å². The van der Waals surface area contributed by atoms with Crippen LogP contribution in [0.4, 0.5) is 0 Å².